The van der Waals surface area contributed by atoms with Crippen molar-refractivity contribution < 1.29 is 13.2 Å². The molecule has 0 spiro atoms. The van der Waals surface area contributed by atoms with Gasteiger partial charge in [-0.25, -0.2) is 13.1 Å². The molecule has 0 heterocycles. The highest BCUT2D eigenvalue weighted by Gasteiger charge is 2.14. The van der Waals surface area contributed by atoms with E-state index in [1.54, 1.807) is 24.3 Å². The van der Waals surface area contributed by atoms with Gasteiger partial charge in [-0.1, -0.05) is 36.5 Å². The van der Waals surface area contributed by atoms with E-state index in [1.165, 1.54) is 0 Å². The molecule has 0 aliphatic carbocycles. The van der Waals surface area contributed by atoms with Gasteiger partial charge < -0.3 is 11.5 Å². The Bertz CT molecular complexity index is 600. The Morgan fingerprint density at radius 1 is 1.25 bits per heavy atom. The second-order valence-corrected chi connectivity index (χ2v) is 6.49. The van der Waals surface area contributed by atoms with Gasteiger partial charge >= 0.3 is 0 Å². The monoisotopic (exact) mass is 315 g/mol. The predicted molar refractivity (Wildman–Crippen MR) is 81.4 cm³/mol. The summed E-state index contributed by atoms with van der Waals surface area (Å²) in [5.74, 6) is -0.667. The number of sulfonamides is 1. The number of nitrogens with one attached hydrogen (secondary N) is 1. The quantitative estimate of drug-likeness (QED) is 0.461. The van der Waals surface area contributed by atoms with Gasteiger partial charge in [0.1, 0.15) is 4.99 Å². The van der Waals surface area contributed by atoms with Crippen LogP contribution in [0.1, 0.15) is 24.0 Å². The van der Waals surface area contributed by atoms with E-state index in [2.05, 4.69) is 4.72 Å². The zero-order valence-corrected chi connectivity index (χ0v) is 12.5. The van der Waals surface area contributed by atoms with Gasteiger partial charge in [-0.2, -0.15) is 0 Å². The van der Waals surface area contributed by atoms with Crippen LogP contribution in [-0.2, 0) is 20.6 Å². The van der Waals surface area contributed by atoms with Crippen LogP contribution in [-0.4, -0.2) is 25.9 Å². The van der Waals surface area contributed by atoms with Crippen molar-refractivity contribution in [1.29, 1.82) is 0 Å². The lowest BCUT2D eigenvalue weighted by Gasteiger charge is -2.09. The van der Waals surface area contributed by atoms with E-state index in [0.29, 0.717) is 17.5 Å². The summed E-state index contributed by atoms with van der Waals surface area (Å²) in [5, 5.41) is 0. The van der Waals surface area contributed by atoms with Crippen molar-refractivity contribution >= 4 is 33.1 Å². The molecular weight excluding hydrogens is 298 g/mol. The lowest BCUT2D eigenvalue weighted by atomic mass is 10.1. The lowest BCUT2D eigenvalue weighted by Crippen LogP contribution is -2.28. The van der Waals surface area contributed by atoms with E-state index in [9.17, 15) is 13.2 Å². The molecule has 0 radical (unpaired) electrons. The van der Waals surface area contributed by atoms with Crippen molar-refractivity contribution in [2.45, 2.75) is 18.6 Å². The minimum atomic E-state index is -3.51. The molecule has 110 valence electrons. The number of hydrogen-bond donors (Lipinski definition) is 3. The zero-order chi connectivity index (χ0) is 15.2. The molecule has 1 rings (SSSR count). The van der Waals surface area contributed by atoms with E-state index in [0.717, 1.165) is 0 Å². The first-order chi connectivity index (χ1) is 9.32. The molecule has 0 aromatic heterocycles. The molecule has 0 saturated heterocycles. The van der Waals surface area contributed by atoms with Gasteiger partial charge in [0, 0.05) is 18.5 Å². The Labute approximate surface area is 123 Å². The van der Waals surface area contributed by atoms with Crippen LogP contribution in [0.3, 0.4) is 0 Å². The largest absolute Gasteiger partial charge is 0.389 e. The first kappa shape index (κ1) is 16.5. The molecule has 0 atom stereocenters. The van der Waals surface area contributed by atoms with Gasteiger partial charge in [-0.05, 0) is 12.0 Å². The van der Waals surface area contributed by atoms with Crippen molar-refractivity contribution in [2.75, 3.05) is 6.54 Å². The van der Waals surface area contributed by atoms with Crippen molar-refractivity contribution in [3.8, 4) is 0 Å². The van der Waals surface area contributed by atoms with Crippen LogP contribution in [0.2, 0.25) is 0 Å². The molecule has 6 nitrogen and oxygen atoms in total. The second kappa shape index (κ2) is 7.32. The Kier molecular flexibility index (Phi) is 6.05. The SMILES string of the molecule is NC(=O)CCCNS(=O)(=O)Cc1ccccc1C(N)=S. The van der Waals surface area contributed by atoms with E-state index >= 15 is 0 Å². The maximum absolute atomic E-state index is 11.9. The molecule has 1 aromatic rings. The van der Waals surface area contributed by atoms with E-state index < -0.39 is 15.9 Å². The fourth-order valence-corrected chi connectivity index (χ4v) is 3.05. The molecule has 1 aromatic carbocycles. The molecule has 0 aliphatic rings. The minimum Gasteiger partial charge on any atom is -0.389 e. The van der Waals surface area contributed by atoms with E-state index in [1.807, 2.05) is 0 Å². The number of hydrogen-bond acceptors (Lipinski definition) is 4. The third-order valence-electron chi connectivity index (χ3n) is 2.55. The molecule has 1 amide bonds. The normalized spacial score (nSPS) is 11.2. The van der Waals surface area contributed by atoms with Gasteiger partial charge in [0.05, 0.1) is 5.75 Å². The molecule has 0 fully saturated rings. The van der Waals surface area contributed by atoms with Gasteiger partial charge in [0.25, 0.3) is 0 Å². The van der Waals surface area contributed by atoms with Crippen molar-refractivity contribution in [3.63, 3.8) is 0 Å². The summed E-state index contributed by atoms with van der Waals surface area (Å²) in [6.45, 7) is 0.167. The molecule has 0 aliphatic heterocycles. The molecular formula is C12H17N3O3S2. The summed E-state index contributed by atoms with van der Waals surface area (Å²) in [4.78, 5) is 10.7. The number of benzene rings is 1. The van der Waals surface area contributed by atoms with Gasteiger partial charge in [0.2, 0.25) is 15.9 Å². The van der Waals surface area contributed by atoms with Crippen molar-refractivity contribution in [3.05, 3.63) is 35.4 Å². The standard InChI is InChI=1S/C12H17N3O3S2/c13-11(16)6-3-7-15-20(17,18)8-9-4-1-2-5-10(9)12(14)19/h1-2,4-5,15H,3,6-8H2,(H2,13,16)(H2,14,19). The first-order valence-corrected chi connectivity index (χ1v) is 8.01. The molecule has 0 bridgehead atoms. The van der Waals surface area contributed by atoms with Crippen LogP contribution in [0.5, 0.6) is 0 Å². The lowest BCUT2D eigenvalue weighted by molar-refractivity contribution is -0.118. The summed E-state index contributed by atoms with van der Waals surface area (Å²) in [6, 6.07) is 6.81. The van der Waals surface area contributed by atoms with E-state index in [4.69, 9.17) is 23.7 Å². The summed E-state index contributed by atoms with van der Waals surface area (Å²) in [6.07, 6.45) is 0.511. The Morgan fingerprint density at radius 2 is 1.90 bits per heavy atom. The predicted octanol–water partition coefficient (Wildman–Crippen LogP) is 0.00570. The summed E-state index contributed by atoms with van der Waals surface area (Å²) < 4.78 is 26.2. The Morgan fingerprint density at radius 3 is 2.50 bits per heavy atom. The van der Waals surface area contributed by atoms with Gasteiger partial charge in [-0.3, -0.25) is 4.79 Å². The average molecular weight is 315 g/mol. The zero-order valence-electron chi connectivity index (χ0n) is 10.8. The second-order valence-electron chi connectivity index (χ2n) is 4.24. The minimum absolute atomic E-state index is 0.145. The van der Waals surface area contributed by atoms with Crippen LogP contribution in [0.4, 0.5) is 0 Å². The molecule has 20 heavy (non-hydrogen) atoms. The highest BCUT2D eigenvalue weighted by atomic mass is 32.2. The number of carbonyl (C=O) groups is 1. The highest BCUT2D eigenvalue weighted by molar-refractivity contribution is 7.88. The number of nitrogens with two attached hydrogens (primary N) is 2. The third kappa shape index (κ3) is 5.64. The van der Waals surface area contributed by atoms with Gasteiger partial charge in [-0.15, -0.1) is 0 Å². The van der Waals surface area contributed by atoms with Crippen molar-refractivity contribution in [1.82, 2.24) is 4.72 Å². The summed E-state index contributed by atoms with van der Waals surface area (Å²) in [7, 11) is -3.51. The fourth-order valence-electron chi connectivity index (χ4n) is 1.63. The maximum atomic E-state index is 11.9. The molecule has 0 saturated carbocycles. The molecule has 8 heteroatoms. The third-order valence-corrected chi connectivity index (χ3v) is 4.11. The van der Waals surface area contributed by atoms with E-state index in [-0.39, 0.29) is 23.7 Å². The first-order valence-electron chi connectivity index (χ1n) is 5.95. The number of carbonyl (C=O) groups excluding carboxylic acids is 1. The van der Waals surface area contributed by atoms with Crippen LogP contribution in [0, 0.1) is 0 Å². The van der Waals surface area contributed by atoms with Crippen LogP contribution in [0.15, 0.2) is 24.3 Å². The number of primary amides is 1. The average Bonchev–Trinajstić information content (AvgIpc) is 2.34. The maximum Gasteiger partial charge on any atom is 0.217 e. The number of amides is 1. The van der Waals surface area contributed by atoms with Gasteiger partial charge in [0.15, 0.2) is 0 Å². The Balaban J connectivity index is 2.67. The molecule has 5 N–H and O–H groups in total. The number of thiocarbonyl (C=S) groups is 1. The highest BCUT2D eigenvalue weighted by Crippen LogP contribution is 2.12. The van der Waals surface area contributed by atoms with Crippen LogP contribution >= 0.6 is 12.2 Å². The number of rotatable bonds is 8. The van der Waals surface area contributed by atoms with Crippen molar-refractivity contribution in [2.24, 2.45) is 11.5 Å². The molecule has 0 unspecified atom stereocenters. The topological polar surface area (TPSA) is 115 Å². The summed E-state index contributed by atoms with van der Waals surface area (Å²) in [5.41, 5.74) is 11.6. The van der Waals surface area contributed by atoms with Crippen LogP contribution < -0.4 is 16.2 Å². The fraction of sp³-hybridized carbons (Fsp3) is 0.333. The van der Waals surface area contributed by atoms with Crippen LogP contribution in [0.25, 0.3) is 0 Å². The Hall–Kier alpha value is -1.51. The smallest absolute Gasteiger partial charge is 0.217 e. The summed E-state index contributed by atoms with van der Waals surface area (Å²) >= 11 is 4.88.